The predicted molar refractivity (Wildman–Crippen MR) is 113 cm³/mol. The van der Waals surface area contributed by atoms with Crippen LogP contribution in [0.4, 0.5) is 13.6 Å². The van der Waals surface area contributed by atoms with Crippen molar-refractivity contribution in [2.24, 2.45) is 5.92 Å². The molecule has 2 aromatic carbocycles. The number of amides is 1. The number of ketones is 1. The lowest BCUT2D eigenvalue weighted by Gasteiger charge is -2.30. The zero-order valence-corrected chi connectivity index (χ0v) is 18.0. The monoisotopic (exact) mass is 427 g/mol. The number of likely N-dealkylation sites (tertiary alicyclic amines) is 1. The van der Waals surface area contributed by atoms with Gasteiger partial charge in [-0.05, 0) is 68.9 Å². The van der Waals surface area contributed by atoms with Gasteiger partial charge in [0.25, 0.3) is 0 Å². The number of carbonyl (C=O) groups excluding carboxylic acids is 2. The van der Waals surface area contributed by atoms with Crippen LogP contribution in [0.1, 0.15) is 44.7 Å². The number of nitrogens with zero attached hydrogens (tertiary/aromatic N) is 1. The second kappa shape index (κ2) is 7.74. The van der Waals surface area contributed by atoms with E-state index in [-0.39, 0.29) is 30.2 Å². The first-order valence-electron chi connectivity index (χ1n) is 10.6. The second-order valence-corrected chi connectivity index (χ2v) is 9.60. The molecule has 3 atom stereocenters. The standard InChI is InChI=1S/C25H27F2NO3/c1-24(2,3)31-23(30)28-15-25(18-13-17(26)10-11-20(18)27)14-19(25)22(28)21(29)12-9-16-7-5-4-6-8-16/h4-8,10-11,13,19,22H,9,12,14-15H2,1-3H3. The van der Waals surface area contributed by atoms with E-state index in [9.17, 15) is 18.4 Å². The molecule has 1 saturated heterocycles. The van der Waals surface area contributed by atoms with Crippen LogP contribution >= 0.6 is 0 Å². The molecule has 0 radical (unpaired) electrons. The SMILES string of the molecule is CC(C)(C)OC(=O)N1CC2(c3cc(F)ccc3F)CC2C1C(=O)CCc1ccccc1. The minimum absolute atomic E-state index is 0.0732. The third kappa shape index (κ3) is 4.21. The van der Waals surface area contributed by atoms with Crippen molar-refractivity contribution in [3.63, 3.8) is 0 Å². The maximum Gasteiger partial charge on any atom is 0.410 e. The van der Waals surface area contributed by atoms with Gasteiger partial charge < -0.3 is 4.74 Å². The number of rotatable bonds is 5. The number of ether oxygens (including phenoxy) is 1. The third-order valence-corrected chi connectivity index (χ3v) is 6.23. The Bertz CT molecular complexity index is 1000. The van der Waals surface area contributed by atoms with Crippen molar-refractivity contribution in [2.45, 2.75) is 57.1 Å². The molecule has 4 nitrogen and oxygen atoms in total. The molecule has 2 aromatic rings. The first kappa shape index (κ1) is 21.5. The van der Waals surface area contributed by atoms with Crippen LogP contribution < -0.4 is 0 Å². The minimum Gasteiger partial charge on any atom is -0.444 e. The van der Waals surface area contributed by atoms with Gasteiger partial charge in [-0.15, -0.1) is 0 Å². The van der Waals surface area contributed by atoms with Crippen LogP contribution in [0.3, 0.4) is 0 Å². The topological polar surface area (TPSA) is 46.6 Å². The summed E-state index contributed by atoms with van der Waals surface area (Å²) >= 11 is 0. The number of aryl methyl sites for hydroxylation is 1. The van der Waals surface area contributed by atoms with Gasteiger partial charge in [0.2, 0.25) is 0 Å². The molecule has 164 valence electrons. The molecule has 1 aliphatic heterocycles. The number of Topliss-reactive ketones (excluding diaryl/α,β-unsaturated/α-hetero) is 1. The lowest BCUT2D eigenvalue weighted by Crippen LogP contribution is -2.46. The van der Waals surface area contributed by atoms with Gasteiger partial charge in [-0.25, -0.2) is 13.6 Å². The Kier molecular flexibility index (Phi) is 5.36. The fourth-order valence-corrected chi connectivity index (χ4v) is 4.78. The van der Waals surface area contributed by atoms with E-state index in [0.29, 0.717) is 12.8 Å². The van der Waals surface area contributed by atoms with E-state index in [2.05, 4.69) is 0 Å². The number of hydrogen-bond acceptors (Lipinski definition) is 3. The van der Waals surface area contributed by atoms with E-state index >= 15 is 0 Å². The van der Waals surface area contributed by atoms with E-state index in [0.717, 1.165) is 17.7 Å². The third-order valence-electron chi connectivity index (χ3n) is 6.23. The number of benzene rings is 2. The van der Waals surface area contributed by atoms with Gasteiger partial charge in [-0.3, -0.25) is 9.69 Å². The highest BCUT2D eigenvalue weighted by Gasteiger charge is 2.69. The molecule has 1 aliphatic carbocycles. The van der Waals surface area contributed by atoms with E-state index in [1.807, 2.05) is 30.3 Å². The molecule has 2 aliphatic rings. The summed E-state index contributed by atoms with van der Waals surface area (Å²) in [5.41, 5.74) is -0.185. The summed E-state index contributed by atoms with van der Waals surface area (Å²) in [7, 11) is 0. The predicted octanol–water partition coefficient (Wildman–Crippen LogP) is 5.04. The van der Waals surface area contributed by atoms with Gasteiger partial charge in [0.1, 0.15) is 17.2 Å². The first-order chi connectivity index (χ1) is 14.6. The summed E-state index contributed by atoms with van der Waals surface area (Å²) in [6.07, 6.45) is 0.793. The quantitative estimate of drug-likeness (QED) is 0.671. The lowest BCUT2D eigenvalue weighted by atomic mass is 9.92. The average Bonchev–Trinajstić information content (AvgIpc) is 3.32. The van der Waals surface area contributed by atoms with Crippen molar-refractivity contribution in [1.82, 2.24) is 4.90 Å². The fraction of sp³-hybridized carbons (Fsp3) is 0.440. The average molecular weight is 427 g/mol. The number of piperidine rings is 1. The molecule has 1 heterocycles. The largest absolute Gasteiger partial charge is 0.444 e. The van der Waals surface area contributed by atoms with Gasteiger partial charge >= 0.3 is 6.09 Å². The van der Waals surface area contributed by atoms with Crippen molar-refractivity contribution in [3.8, 4) is 0 Å². The molecule has 6 heteroatoms. The second-order valence-electron chi connectivity index (χ2n) is 9.60. The molecule has 31 heavy (non-hydrogen) atoms. The van der Waals surface area contributed by atoms with E-state index in [1.165, 1.54) is 11.0 Å². The van der Waals surface area contributed by atoms with Gasteiger partial charge in [-0.1, -0.05) is 30.3 Å². The van der Waals surface area contributed by atoms with Crippen LogP contribution in [0.2, 0.25) is 0 Å². The number of carbonyl (C=O) groups is 2. The minimum atomic E-state index is -0.740. The van der Waals surface area contributed by atoms with Crippen molar-refractivity contribution >= 4 is 11.9 Å². The summed E-state index contributed by atoms with van der Waals surface area (Å²) in [6.45, 7) is 5.43. The molecule has 0 N–H and O–H groups in total. The van der Waals surface area contributed by atoms with E-state index in [4.69, 9.17) is 4.74 Å². The van der Waals surface area contributed by atoms with Crippen LogP contribution in [0.5, 0.6) is 0 Å². The van der Waals surface area contributed by atoms with Crippen LogP contribution in [0.15, 0.2) is 48.5 Å². The highest BCUT2D eigenvalue weighted by atomic mass is 19.1. The van der Waals surface area contributed by atoms with Crippen LogP contribution in [0.25, 0.3) is 0 Å². The Balaban J connectivity index is 1.60. The molecular weight excluding hydrogens is 400 g/mol. The Labute approximate surface area is 181 Å². The van der Waals surface area contributed by atoms with Crippen molar-refractivity contribution < 1.29 is 23.1 Å². The summed E-state index contributed by atoms with van der Waals surface area (Å²) in [6, 6.07) is 12.3. The molecule has 2 fully saturated rings. The summed E-state index contributed by atoms with van der Waals surface area (Å²) < 4.78 is 34.0. The maximum atomic E-state index is 14.6. The van der Waals surface area contributed by atoms with E-state index in [1.54, 1.807) is 20.8 Å². The van der Waals surface area contributed by atoms with Crippen molar-refractivity contribution in [1.29, 1.82) is 0 Å². The Hall–Kier alpha value is -2.76. The van der Waals surface area contributed by atoms with Crippen LogP contribution in [-0.2, 0) is 21.4 Å². The van der Waals surface area contributed by atoms with Crippen molar-refractivity contribution in [3.05, 3.63) is 71.3 Å². The number of hydrogen-bond donors (Lipinski definition) is 0. The number of fused-ring (bicyclic) bond motifs is 1. The highest BCUT2D eigenvalue weighted by Crippen LogP contribution is 2.63. The molecule has 0 bridgehead atoms. The molecule has 4 rings (SSSR count). The molecule has 3 unspecified atom stereocenters. The Morgan fingerprint density at radius 2 is 1.84 bits per heavy atom. The van der Waals surface area contributed by atoms with Crippen LogP contribution in [0, 0.1) is 17.6 Å². The maximum absolute atomic E-state index is 14.6. The summed E-state index contributed by atoms with van der Waals surface area (Å²) in [4.78, 5) is 27.6. The zero-order chi connectivity index (χ0) is 22.4. The zero-order valence-electron chi connectivity index (χ0n) is 18.0. The van der Waals surface area contributed by atoms with Gasteiger partial charge in [0, 0.05) is 18.4 Å². The molecule has 1 amide bonds. The van der Waals surface area contributed by atoms with Gasteiger partial charge in [0.05, 0.1) is 6.04 Å². The molecule has 0 aromatic heterocycles. The molecule has 1 saturated carbocycles. The summed E-state index contributed by atoms with van der Waals surface area (Å²) in [5.74, 6) is -1.35. The Morgan fingerprint density at radius 1 is 1.13 bits per heavy atom. The van der Waals surface area contributed by atoms with Gasteiger partial charge in [0.15, 0.2) is 5.78 Å². The Morgan fingerprint density at radius 3 is 2.52 bits per heavy atom. The first-order valence-corrected chi connectivity index (χ1v) is 10.6. The lowest BCUT2D eigenvalue weighted by molar-refractivity contribution is -0.124. The summed E-state index contributed by atoms with van der Waals surface area (Å²) in [5, 5.41) is 0. The molecule has 0 spiro atoms. The molecular formula is C25H27F2NO3. The highest BCUT2D eigenvalue weighted by molar-refractivity contribution is 5.90. The van der Waals surface area contributed by atoms with Crippen LogP contribution in [-0.4, -0.2) is 35.0 Å². The van der Waals surface area contributed by atoms with E-state index < -0.39 is 34.8 Å². The fourth-order valence-electron chi connectivity index (χ4n) is 4.78. The number of halogens is 2. The smallest absolute Gasteiger partial charge is 0.410 e. The van der Waals surface area contributed by atoms with Crippen molar-refractivity contribution in [2.75, 3.05) is 6.54 Å². The normalized spacial score (nSPS) is 24.6. The van der Waals surface area contributed by atoms with Gasteiger partial charge in [-0.2, -0.15) is 0 Å².